The first kappa shape index (κ1) is 17.3. The molecule has 0 fully saturated rings. The van der Waals surface area contributed by atoms with Gasteiger partial charge >= 0.3 is 0 Å². The van der Waals surface area contributed by atoms with Gasteiger partial charge in [0.15, 0.2) is 0 Å². The molecule has 0 bridgehead atoms. The van der Waals surface area contributed by atoms with Crippen LogP contribution in [0.5, 0.6) is 0 Å². The van der Waals surface area contributed by atoms with Crippen LogP contribution in [0, 0.1) is 0 Å². The van der Waals surface area contributed by atoms with Crippen LogP contribution in [-0.2, 0) is 0 Å². The van der Waals surface area contributed by atoms with E-state index in [0.29, 0.717) is 0 Å². The molecule has 0 N–H and O–H groups in total. The van der Waals surface area contributed by atoms with Crippen molar-refractivity contribution in [2.75, 3.05) is 4.90 Å². The molecule has 2 atom stereocenters. The first-order valence-corrected chi connectivity index (χ1v) is 9.73. The van der Waals surface area contributed by atoms with Crippen LogP contribution in [0.25, 0.3) is 0 Å². The predicted octanol–water partition coefficient (Wildman–Crippen LogP) is 6.50. The molecule has 0 aromatic heterocycles. The number of rotatable bonds is 3. The van der Waals surface area contributed by atoms with E-state index < -0.39 is 0 Å². The van der Waals surface area contributed by atoms with Crippen LogP contribution in [-0.4, -0.2) is 11.8 Å². The second kappa shape index (κ2) is 7.26. The maximum atomic E-state index is 6.06. The lowest BCUT2D eigenvalue weighted by molar-refractivity contribution is 0.675. The molecule has 0 amide bonds. The van der Waals surface area contributed by atoms with E-state index in [4.69, 9.17) is 16.6 Å². The maximum Gasteiger partial charge on any atom is 0.148 e. The number of benzene rings is 3. The Kier molecular flexibility index (Phi) is 4.84. The fourth-order valence-electron chi connectivity index (χ4n) is 3.42. The van der Waals surface area contributed by atoms with E-state index in [9.17, 15) is 0 Å². The minimum atomic E-state index is -0.0435. The van der Waals surface area contributed by atoms with Crippen LogP contribution in [0.4, 0.5) is 5.69 Å². The molecule has 0 spiro atoms. The van der Waals surface area contributed by atoms with Gasteiger partial charge in [-0.15, -0.1) is 0 Å². The standard InChI is InChI=1S/C22H18BrClN2/c1-15-21(16-7-11-19(24)12-8-16)25-22(17-5-3-2-4-6-17)26(15)20-13-9-18(23)10-14-20/h2-15,22H,1H3. The van der Waals surface area contributed by atoms with Gasteiger partial charge in [-0.05, 0) is 54.4 Å². The molecular formula is C22H18BrClN2. The van der Waals surface area contributed by atoms with Gasteiger partial charge in [0, 0.05) is 15.2 Å². The first-order chi connectivity index (χ1) is 12.6. The van der Waals surface area contributed by atoms with Crippen molar-refractivity contribution in [2.24, 2.45) is 4.99 Å². The topological polar surface area (TPSA) is 15.6 Å². The number of halogens is 2. The van der Waals surface area contributed by atoms with Crippen molar-refractivity contribution in [3.63, 3.8) is 0 Å². The zero-order valence-corrected chi connectivity index (χ0v) is 16.7. The van der Waals surface area contributed by atoms with Crippen LogP contribution in [0.1, 0.15) is 24.2 Å². The van der Waals surface area contributed by atoms with Gasteiger partial charge in [-0.1, -0.05) is 70.0 Å². The van der Waals surface area contributed by atoms with Crippen molar-refractivity contribution < 1.29 is 0 Å². The summed E-state index contributed by atoms with van der Waals surface area (Å²) in [4.78, 5) is 7.47. The predicted molar refractivity (Wildman–Crippen MR) is 113 cm³/mol. The van der Waals surface area contributed by atoms with Gasteiger partial charge in [-0.3, -0.25) is 4.99 Å². The Bertz CT molecular complexity index is 921. The zero-order valence-electron chi connectivity index (χ0n) is 14.3. The smallest absolute Gasteiger partial charge is 0.148 e. The van der Waals surface area contributed by atoms with Crippen LogP contribution < -0.4 is 4.90 Å². The summed E-state index contributed by atoms with van der Waals surface area (Å²) < 4.78 is 1.07. The fourth-order valence-corrected chi connectivity index (χ4v) is 3.81. The van der Waals surface area contributed by atoms with E-state index in [-0.39, 0.29) is 12.2 Å². The summed E-state index contributed by atoms with van der Waals surface area (Å²) in [6.07, 6.45) is -0.0435. The van der Waals surface area contributed by atoms with Crippen molar-refractivity contribution >= 4 is 38.9 Å². The molecule has 2 nitrogen and oxygen atoms in total. The largest absolute Gasteiger partial charge is 0.337 e. The minimum absolute atomic E-state index is 0.0435. The van der Waals surface area contributed by atoms with E-state index in [2.05, 4.69) is 76.3 Å². The van der Waals surface area contributed by atoms with E-state index in [1.54, 1.807) is 0 Å². The Morgan fingerprint density at radius 2 is 1.54 bits per heavy atom. The lowest BCUT2D eigenvalue weighted by Gasteiger charge is -2.30. The quantitative estimate of drug-likeness (QED) is 0.467. The van der Waals surface area contributed by atoms with Gasteiger partial charge in [0.25, 0.3) is 0 Å². The van der Waals surface area contributed by atoms with Gasteiger partial charge in [0.2, 0.25) is 0 Å². The van der Waals surface area contributed by atoms with Crippen LogP contribution in [0.3, 0.4) is 0 Å². The lowest BCUT2D eigenvalue weighted by Crippen LogP contribution is -2.35. The zero-order chi connectivity index (χ0) is 18.1. The summed E-state index contributed by atoms with van der Waals surface area (Å²) in [6.45, 7) is 2.21. The Hall–Kier alpha value is -2.10. The second-order valence-corrected chi connectivity index (χ2v) is 7.72. The van der Waals surface area contributed by atoms with Crippen molar-refractivity contribution in [3.8, 4) is 0 Å². The highest BCUT2D eigenvalue weighted by Gasteiger charge is 2.35. The second-order valence-electron chi connectivity index (χ2n) is 6.37. The number of nitrogens with zero attached hydrogens (tertiary/aromatic N) is 2. The number of hydrogen-bond acceptors (Lipinski definition) is 2. The van der Waals surface area contributed by atoms with Gasteiger partial charge in [-0.25, -0.2) is 0 Å². The average Bonchev–Trinajstić information content (AvgIpc) is 3.01. The van der Waals surface area contributed by atoms with E-state index in [1.807, 2.05) is 30.3 Å². The highest BCUT2D eigenvalue weighted by atomic mass is 79.9. The first-order valence-electron chi connectivity index (χ1n) is 8.56. The van der Waals surface area contributed by atoms with Gasteiger partial charge in [0.05, 0.1) is 11.8 Å². The summed E-state index contributed by atoms with van der Waals surface area (Å²) >= 11 is 9.59. The number of hydrogen-bond donors (Lipinski definition) is 0. The van der Waals surface area contributed by atoms with Crippen molar-refractivity contribution in [1.82, 2.24) is 0 Å². The molecule has 1 heterocycles. The molecule has 0 aliphatic carbocycles. The van der Waals surface area contributed by atoms with Gasteiger partial charge < -0.3 is 4.90 Å². The fraction of sp³-hybridized carbons (Fsp3) is 0.136. The van der Waals surface area contributed by atoms with Crippen LogP contribution in [0.15, 0.2) is 88.3 Å². The summed E-state index contributed by atoms with van der Waals surface area (Å²) in [6, 6.07) is 27.0. The molecule has 26 heavy (non-hydrogen) atoms. The molecule has 3 aromatic rings. The molecule has 4 heteroatoms. The highest BCUT2D eigenvalue weighted by Crippen LogP contribution is 2.37. The summed E-state index contributed by atoms with van der Waals surface area (Å²) in [5, 5.41) is 0.740. The lowest BCUT2D eigenvalue weighted by atomic mass is 10.0. The third-order valence-electron chi connectivity index (χ3n) is 4.70. The van der Waals surface area contributed by atoms with Gasteiger partial charge in [0.1, 0.15) is 6.17 Å². The SMILES string of the molecule is CC1C(c2ccc(Cl)cc2)=NC(c2ccccc2)N1c1ccc(Br)cc1. The summed E-state index contributed by atoms with van der Waals surface area (Å²) in [7, 11) is 0. The molecule has 4 rings (SSSR count). The number of aliphatic imine (C=N–C) groups is 1. The van der Waals surface area contributed by atoms with Crippen molar-refractivity contribution in [1.29, 1.82) is 0 Å². The minimum Gasteiger partial charge on any atom is -0.337 e. The molecule has 1 aliphatic heterocycles. The van der Waals surface area contributed by atoms with Crippen LogP contribution in [0.2, 0.25) is 5.02 Å². The van der Waals surface area contributed by atoms with Crippen LogP contribution >= 0.6 is 27.5 Å². The van der Waals surface area contributed by atoms with Crippen molar-refractivity contribution in [3.05, 3.63) is 99.5 Å². The average molecular weight is 426 g/mol. The molecule has 0 saturated carbocycles. The number of anilines is 1. The summed E-state index contributed by atoms with van der Waals surface area (Å²) in [5.74, 6) is 0. The monoisotopic (exact) mass is 424 g/mol. The maximum absolute atomic E-state index is 6.06. The Morgan fingerprint density at radius 1 is 0.885 bits per heavy atom. The Balaban J connectivity index is 1.79. The molecule has 0 saturated heterocycles. The highest BCUT2D eigenvalue weighted by molar-refractivity contribution is 9.10. The molecular weight excluding hydrogens is 408 g/mol. The van der Waals surface area contributed by atoms with E-state index >= 15 is 0 Å². The van der Waals surface area contributed by atoms with E-state index in [0.717, 1.165) is 26.5 Å². The van der Waals surface area contributed by atoms with E-state index in [1.165, 1.54) is 5.56 Å². The third-order valence-corrected chi connectivity index (χ3v) is 5.48. The molecule has 1 aliphatic rings. The Morgan fingerprint density at radius 3 is 2.19 bits per heavy atom. The summed E-state index contributed by atoms with van der Waals surface area (Å²) in [5.41, 5.74) is 4.54. The molecule has 0 radical (unpaired) electrons. The normalized spacial score (nSPS) is 19.5. The molecule has 2 unspecified atom stereocenters. The van der Waals surface area contributed by atoms with Crippen molar-refractivity contribution in [2.45, 2.75) is 19.1 Å². The Labute approximate surface area is 167 Å². The third kappa shape index (κ3) is 3.29. The van der Waals surface area contributed by atoms with Gasteiger partial charge in [-0.2, -0.15) is 0 Å². The molecule has 3 aromatic carbocycles. The molecule has 130 valence electrons.